The Labute approximate surface area is 153 Å². The molecule has 0 unspecified atom stereocenters. The lowest BCUT2D eigenvalue weighted by atomic mass is 10.1. The van der Waals surface area contributed by atoms with Gasteiger partial charge in [-0.15, -0.1) is 12.4 Å². The van der Waals surface area contributed by atoms with Crippen LogP contribution < -0.4 is 16.4 Å². The molecule has 0 saturated carbocycles. The summed E-state index contributed by atoms with van der Waals surface area (Å²) in [6.45, 7) is 4.21. The Bertz CT molecular complexity index is 687. The Morgan fingerprint density at radius 2 is 1.92 bits per heavy atom. The van der Waals surface area contributed by atoms with Crippen molar-refractivity contribution in [1.29, 1.82) is 0 Å². The van der Waals surface area contributed by atoms with Gasteiger partial charge in [-0.3, -0.25) is 14.3 Å². The summed E-state index contributed by atoms with van der Waals surface area (Å²) in [6, 6.07) is 9.28. The minimum atomic E-state index is -0.619. The molecule has 0 radical (unpaired) electrons. The molecule has 0 spiro atoms. The smallest absolute Gasteiger partial charge is 0.243 e. The maximum atomic E-state index is 11.9. The first kappa shape index (κ1) is 20.7. The summed E-state index contributed by atoms with van der Waals surface area (Å²) in [4.78, 5) is 23.6. The van der Waals surface area contributed by atoms with Crippen LogP contribution >= 0.6 is 12.4 Å². The van der Waals surface area contributed by atoms with E-state index in [1.807, 2.05) is 44.2 Å². The minimum Gasteiger partial charge on any atom is -0.346 e. The molecule has 4 N–H and O–H groups in total. The van der Waals surface area contributed by atoms with Crippen molar-refractivity contribution in [2.24, 2.45) is 11.7 Å². The molecule has 0 bridgehead atoms. The van der Waals surface area contributed by atoms with Crippen LogP contribution in [0.25, 0.3) is 0 Å². The number of hydrogen-bond acceptors (Lipinski definition) is 4. The first-order chi connectivity index (χ1) is 11.5. The standard InChI is InChI=1S/C17H23N5O2.ClH/c1-12(2)16(18)17(24)19-9-15(23)21-14-8-20-22(11-14)10-13-6-4-3-5-7-13;/h3-8,11-12,16H,9-10,18H2,1-2H3,(H,19,24)(H,21,23);1H/t16-;/m0./s1. The SMILES string of the molecule is CC(C)[C@H](N)C(=O)NCC(=O)Nc1cnn(Cc2ccccc2)c1.Cl. The van der Waals surface area contributed by atoms with Gasteiger partial charge in [0.2, 0.25) is 11.8 Å². The number of rotatable bonds is 7. The maximum absolute atomic E-state index is 11.9. The van der Waals surface area contributed by atoms with Gasteiger partial charge in [-0.1, -0.05) is 44.2 Å². The Kier molecular flexibility index (Phi) is 8.10. The zero-order valence-electron chi connectivity index (χ0n) is 14.3. The fourth-order valence-corrected chi connectivity index (χ4v) is 2.08. The van der Waals surface area contributed by atoms with Gasteiger partial charge in [0.1, 0.15) is 0 Å². The van der Waals surface area contributed by atoms with Crippen LogP contribution in [0.3, 0.4) is 0 Å². The molecule has 7 nitrogen and oxygen atoms in total. The Morgan fingerprint density at radius 1 is 1.24 bits per heavy atom. The molecule has 2 rings (SSSR count). The topological polar surface area (TPSA) is 102 Å². The molecule has 25 heavy (non-hydrogen) atoms. The van der Waals surface area contributed by atoms with E-state index in [1.165, 1.54) is 0 Å². The summed E-state index contributed by atoms with van der Waals surface area (Å²) in [5.74, 6) is -0.636. The van der Waals surface area contributed by atoms with Gasteiger partial charge in [0, 0.05) is 6.20 Å². The third-order valence-electron chi connectivity index (χ3n) is 3.55. The number of halogens is 1. The zero-order chi connectivity index (χ0) is 17.5. The average Bonchev–Trinajstić information content (AvgIpc) is 2.99. The number of hydrogen-bond donors (Lipinski definition) is 3. The summed E-state index contributed by atoms with van der Waals surface area (Å²) >= 11 is 0. The minimum absolute atomic E-state index is 0. The third kappa shape index (κ3) is 6.56. The molecule has 1 heterocycles. The van der Waals surface area contributed by atoms with Gasteiger partial charge in [0.05, 0.1) is 31.0 Å². The van der Waals surface area contributed by atoms with Crippen molar-refractivity contribution < 1.29 is 9.59 Å². The molecular formula is C17H24ClN5O2. The number of carbonyl (C=O) groups is 2. The molecule has 8 heteroatoms. The molecule has 0 fully saturated rings. The van der Waals surface area contributed by atoms with Crippen LogP contribution in [0.4, 0.5) is 5.69 Å². The highest BCUT2D eigenvalue weighted by atomic mass is 35.5. The van der Waals surface area contributed by atoms with Crippen molar-refractivity contribution in [2.45, 2.75) is 26.4 Å². The highest BCUT2D eigenvalue weighted by molar-refractivity contribution is 5.95. The molecule has 0 aliphatic rings. The van der Waals surface area contributed by atoms with Crippen LogP contribution in [0.5, 0.6) is 0 Å². The number of benzene rings is 1. The summed E-state index contributed by atoms with van der Waals surface area (Å²) in [5, 5.41) is 9.43. The van der Waals surface area contributed by atoms with Crippen molar-refractivity contribution in [2.75, 3.05) is 11.9 Å². The Hall–Kier alpha value is -2.38. The average molecular weight is 366 g/mol. The van der Waals surface area contributed by atoms with Crippen molar-refractivity contribution in [3.05, 3.63) is 48.3 Å². The second kappa shape index (κ2) is 9.80. The highest BCUT2D eigenvalue weighted by Gasteiger charge is 2.17. The monoisotopic (exact) mass is 365 g/mol. The molecule has 1 aromatic heterocycles. The van der Waals surface area contributed by atoms with Gasteiger partial charge >= 0.3 is 0 Å². The van der Waals surface area contributed by atoms with E-state index in [0.717, 1.165) is 5.56 Å². The number of anilines is 1. The largest absolute Gasteiger partial charge is 0.346 e. The van der Waals surface area contributed by atoms with E-state index in [1.54, 1.807) is 17.1 Å². The highest BCUT2D eigenvalue weighted by Crippen LogP contribution is 2.07. The molecule has 136 valence electrons. The lowest BCUT2D eigenvalue weighted by Crippen LogP contribution is -2.46. The molecule has 0 aliphatic heterocycles. The third-order valence-corrected chi connectivity index (χ3v) is 3.55. The molecule has 0 saturated heterocycles. The maximum Gasteiger partial charge on any atom is 0.243 e. The van der Waals surface area contributed by atoms with Gasteiger partial charge in [0.15, 0.2) is 0 Å². The van der Waals surface area contributed by atoms with Crippen molar-refractivity contribution in [3.8, 4) is 0 Å². The Balaban J connectivity index is 0.00000312. The van der Waals surface area contributed by atoms with E-state index in [-0.39, 0.29) is 36.7 Å². The number of aromatic nitrogens is 2. The van der Waals surface area contributed by atoms with Gasteiger partial charge in [-0.2, -0.15) is 5.10 Å². The normalized spacial score (nSPS) is 11.5. The molecular weight excluding hydrogens is 342 g/mol. The molecule has 2 aromatic rings. The van der Waals surface area contributed by atoms with Crippen molar-refractivity contribution >= 4 is 29.9 Å². The summed E-state index contributed by atoms with van der Waals surface area (Å²) < 4.78 is 1.73. The zero-order valence-corrected chi connectivity index (χ0v) is 15.1. The molecule has 1 aromatic carbocycles. The predicted octanol–water partition coefficient (Wildman–Crippen LogP) is 1.39. The van der Waals surface area contributed by atoms with Crippen LogP contribution in [0.15, 0.2) is 42.7 Å². The lowest BCUT2D eigenvalue weighted by Gasteiger charge is -2.14. The van der Waals surface area contributed by atoms with Crippen LogP contribution in [0.1, 0.15) is 19.4 Å². The van der Waals surface area contributed by atoms with Crippen molar-refractivity contribution in [3.63, 3.8) is 0 Å². The van der Waals surface area contributed by atoms with E-state index >= 15 is 0 Å². The number of carbonyl (C=O) groups excluding carboxylic acids is 2. The van der Waals surface area contributed by atoms with Crippen molar-refractivity contribution in [1.82, 2.24) is 15.1 Å². The summed E-state index contributed by atoms with van der Waals surface area (Å²) in [5.41, 5.74) is 7.42. The van der Waals surface area contributed by atoms with E-state index in [9.17, 15) is 9.59 Å². The van der Waals surface area contributed by atoms with Gasteiger partial charge in [-0.25, -0.2) is 0 Å². The first-order valence-corrected chi connectivity index (χ1v) is 7.85. The van der Waals surface area contributed by atoms with Gasteiger partial charge in [0.25, 0.3) is 0 Å². The van der Waals surface area contributed by atoms with Crippen LogP contribution in [0, 0.1) is 5.92 Å². The van der Waals surface area contributed by atoms with Crippen LogP contribution in [-0.2, 0) is 16.1 Å². The second-order valence-electron chi connectivity index (χ2n) is 5.95. The predicted molar refractivity (Wildman–Crippen MR) is 99.5 cm³/mol. The second-order valence-corrected chi connectivity index (χ2v) is 5.95. The lowest BCUT2D eigenvalue weighted by molar-refractivity contribution is -0.125. The summed E-state index contributed by atoms with van der Waals surface area (Å²) in [6.07, 6.45) is 3.31. The first-order valence-electron chi connectivity index (χ1n) is 7.85. The van der Waals surface area contributed by atoms with Crippen LogP contribution in [0.2, 0.25) is 0 Å². The Morgan fingerprint density at radius 3 is 2.56 bits per heavy atom. The van der Waals surface area contributed by atoms with E-state index < -0.39 is 6.04 Å². The summed E-state index contributed by atoms with van der Waals surface area (Å²) in [7, 11) is 0. The number of amides is 2. The molecule has 0 aliphatic carbocycles. The van der Waals surface area contributed by atoms with Gasteiger partial charge in [-0.05, 0) is 11.5 Å². The van der Waals surface area contributed by atoms with E-state index in [2.05, 4.69) is 15.7 Å². The van der Waals surface area contributed by atoms with E-state index in [0.29, 0.717) is 12.2 Å². The quantitative estimate of drug-likeness (QED) is 0.690. The number of nitrogens with zero attached hydrogens (tertiary/aromatic N) is 2. The fraction of sp³-hybridized carbons (Fsp3) is 0.353. The van der Waals surface area contributed by atoms with Gasteiger partial charge < -0.3 is 16.4 Å². The fourth-order valence-electron chi connectivity index (χ4n) is 2.08. The number of nitrogens with two attached hydrogens (primary N) is 1. The van der Waals surface area contributed by atoms with Crippen LogP contribution in [-0.4, -0.2) is 34.2 Å². The number of nitrogens with one attached hydrogen (secondary N) is 2. The molecule has 1 atom stereocenters. The molecule has 2 amide bonds. The van der Waals surface area contributed by atoms with E-state index in [4.69, 9.17) is 5.73 Å².